The minimum atomic E-state index is 0.0802. The standard InChI is InChI=1S/C12H13N7/c1-2-9(10-5-3-4-6-13-10)15-11-12-16-17-18-19(12)8-7-14-11/h3-9H,2H2,1H3,(H,14,15)/t9-/m0/s1. The molecule has 0 radical (unpaired) electrons. The number of anilines is 1. The minimum absolute atomic E-state index is 0.0802. The molecule has 0 saturated carbocycles. The Morgan fingerprint density at radius 1 is 1.26 bits per heavy atom. The largest absolute Gasteiger partial charge is 0.359 e. The average Bonchev–Trinajstić information content (AvgIpc) is 2.95. The van der Waals surface area contributed by atoms with E-state index in [1.54, 1.807) is 23.1 Å². The van der Waals surface area contributed by atoms with E-state index < -0.39 is 0 Å². The summed E-state index contributed by atoms with van der Waals surface area (Å²) in [4.78, 5) is 8.66. The molecule has 0 spiro atoms. The fourth-order valence-corrected chi connectivity index (χ4v) is 1.91. The van der Waals surface area contributed by atoms with Gasteiger partial charge in [-0.1, -0.05) is 13.0 Å². The van der Waals surface area contributed by atoms with Crippen molar-refractivity contribution < 1.29 is 0 Å². The number of nitrogens with zero attached hydrogens (tertiary/aromatic N) is 6. The molecule has 0 bridgehead atoms. The molecule has 0 aromatic carbocycles. The van der Waals surface area contributed by atoms with Gasteiger partial charge in [-0.15, -0.1) is 5.10 Å². The Kier molecular flexibility index (Phi) is 3.01. The van der Waals surface area contributed by atoms with E-state index in [9.17, 15) is 0 Å². The highest BCUT2D eigenvalue weighted by Gasteiger charge is 2.13. The Balaban J connectivity index is 1.93. The van der Waals surface area contributed by atoms with Crippen LogP contribution in [0.3, 0.4) is 0 Å². The highest BCUT2D eigenvalue weighted by molar-refractivity contribution is 5.61. The van der Waals surface area contributed by atoms with Crippen LogP contribution in [0.15, 0.2) is 36.8 Å². The van der Waals surface area contributed by atoms with E-state index in [0.29, 0.717) is 11.5 Å². The van der Waals surface area contributed by atoms with Gasteiger partial charge in [0.05, 0.1) is 17.9 Å². The zero-order valence-electron chi connectivity index (χ0n) is 10.4. The third kappa shape index (κ3) is 2.22. The lowest BCUT2D eigenvalue weighted by Crippen LogP contribution is -2.13. The van der Waals surface area contributed by atoms with Gasteiger partial charge in [0.2, 0.25) is 5.65 Å². The summed E-state index contributed by atoms with van der Waals surface area (Å²) >= 11 is 0. The summed E-state index contributed by atoms with van der Waals surface area (Å²) in [7, 11) is 0. The predicted octanol–water partition coefficient (Wildman–Crippen LogP) is 1.48. The number of tetrazole rings is 1. The fraction of sp³-hybridized carbons (Fsp3) is 0.250. The van der Waals surface area contributed by atoms with Crippen molar-refractivity contribution >= 4 is 11.5 Å². The Hall–Kier alpha value is -2.57. The highest BCUT2D eigenvalue weighted by atomic mass is 15.5. The van der Waals surface area contributed by atoms with Gasteiger partial charge < -0.3 is 5.32 Å². The molecule has 0 fully saturated rings. The van der Waals surface area contributed by atoms with Gasteiger partial charge in [0.15, 0.2) is 5.82 Å². The Labute approximate surface area is 109 Å². The lowest BCUT2D eigenvalue weighted by atomic mass is 10.1. The summed E-state index contributed by atoms with van der Waals surface area (Å²) in [5, 5.41) is 14.8. The van der Waals surface area contributed by atoms with Crippen LogP contribution in [0.25, 0.3) is 5.65 Å². The van der Waals surface area contributed by atoms with Crippen molar-refractivity contribution in [1.29, 1.82) is 0 Å². The SMILES string of the molecule is CC[C@H](Nc1nccn2nnnc12)c1ccccn1. The second kappa shape index (κ2) is 4.97. The van der Waals surface area contributed by atoms with Gasteiger partial charge >= 0.3 is 0 Å². The molecule has 0 aliphatic heterocycles. The molecule has 0 aliphatic carbocycles. The van der Waals surface area contributed by atoms with Crippen molar-refractivity contribution in [3.8, 4) is 0 Å². The van der Waals surface area contributed by atoms with Crippen LogP contribution in [0.2, 0.25) is 0 Å². The molecule has 7 heteroatoms. The summed E-state index contributed by atoms with van der Waals surface area (Å²) in [5.74, 6) is 0.657. The third-order valence-corrected chi connectivity index (χ3v) is 2.88. The molecule has 3 aromatic rings. The molecule has 7 nitrogen and oxygen atoms in total. The topological polar surface area (TPSA) is 80.9 Å². The minimum Gasteiger partial charge on any atom is -0.359 e. The van der Waals surface area contributed by atoms with Gasteiger partial charge in [0.25, 0.3) is 0 Å². The molecule has 0 amide bonds. The Bertz CT molecular complexity index is 664. The monoisotopic (exact) mass is 255 g/mol. The first-order valence-corrected chi connectivity index (χ1v) is 6.08. The van der Waals surface area contributed by atoms with Crippen LogP contribution >= 0.6 is 0 Å². The number of nitrogens with one attached hydrogen (secondary N) is 1. The maximum atomic E-state index is 4.37. The number of rotatable bonds is 4. The van der Waals surface area contributed by atoms with Crippen molar-refractivity contribution in [3.05, 3.63) is 42.5 Å². The van der Waals surface area contributed by atoms with Crippen LogP contribution in [-0.4, -0.2) is 30.0 Å². The highest BCUT2D eigenvalue weighted by Crippen LogP contribution is 2.20. The molecule has 1 N–H and O–H groups in total. The summed E-state index contributed by atoms with van der Waals surface area (Å²) in [6.07, 6.45) is 6.05. The smallest absolute Gasteiger partial charge is 0.221 e. The van der Waals surface area contributed by atoms with Crippen molar-refractivity contribution in [3.63, 3.8) is 0 Å². The molecular weight excluding hydrogens is 242 g/mol. The van der Waals surface area contributed by atoms with Gasteiger partial charge in [-0.3, -0.25) is 4.98 Å². The summed E-state index contributed by atoms with van der Waals surface area (Å²) in [6, 6.07) is 5.94. The number of fused-ring (bicyclic) bond motifs is 1. The summed E-state index contributed by atoms with van der Waals surface area (Å²) < 4.78 is 1.58. The molecule has 3 aromatic heterocycles. The van der Waals surface area contributed by atoms with E-state index in [1.165, 1.54) is 0 Å². The first kappa shape index (κ1) is 11.5. The van der Waals surface area contributed by atoms with Crippen LogP contribution in [-0.2, 0) is 0 Å². The predicted molar refractivity (Wildman–Crippen MR) is 69.5 cm³/mol. The molecule has 19 heavy (non-hydrogen) atoms. The van der Waals surface area contributed by atoms with Crippen molar-refractivity contribution in [1.82, 2.24) is 30.0 Å². The second-order valence-electron chi connectivity index (χ2n) is 4.08. The molecule has 0 aliphatic rings. The second-order valence-corrected chi connectivity index (χ2v) is 4.08. The van der Waals surface area contributed by atoms with E-state index in [2.05, 4.69) is 37.7 Å². The van der Waals surface area contributed by atoms with E-state index >= 15 is 0 Å². The molecule has 1 atom stereocenters. The van der Waals surface area contributed by atoms with E-state index in [-0.39, 0.29) is 6.04 Å². The first-order valence-electron chi connectivity index (χ1n) is 6.08. The quantitative estimate of drug-likeness (QED) is 0.760. The Morgan fingerprint density at radius 3 is 3.00 bits per heavy atom. The van der Waals surface area contributed by atoms with Gasteiger partial charge in [-0.2, -0.15) is 4.52 Å². The van der Waals surface area contributed by atoms with Crippen LogP contribution < -0.4 is 5.32 Å². The lowest BCUT2D eigenvalue weighted by Gasteiger charge is -2.16. The van der Waals surface area contributed by atoms with Crippen LogP contribution in [0.5, 0.6) is 0 Å². The zero-order valence-corrected chi connectivity index (χ0v) is 10.4. The van der Waals surface area contributed by atoms with Crippen LogP contribution in [0, 0.1) is 0 Å². The van der Waals surface area contributed by atoms with Gasteiger partial charge in [0.1, 0.15) is 0 Å². The first-order chi connectivity index (χ1) is 9.38. The molecule has 3 rings (SSSR count). The van der Waals surface area contributed by atoms with Gasteiger partial charge in [0, 0.05) is 12.4 Å². The number of hydrogen-bond donors (Lipinski definition) is 1. The van der Waals surface area contributed by atoms with Crippen molar-refractivity contribution in [2.45, 2.75) is 19.4 Å². The van der Waals surface area contributed by atoms with Crippen molar-refractivity contribution in [2.75, 3.05) is 5.32 Å². The summed E-state index contributed by atoms with van der Waals surface area (Å²) in [6.45, 7) is 2.09. The Morgan fingerprint density at radius 2 is 2.21 bits per heavy atom. The maximum Gasteiger partial charge on any atom is 0.221 e. The zero-order chi connectivity index (χ0) is 13.1. The van der Waals surface area contributed by atoms with E-state index in [4.69, 9.17) is 0 Å². The van der Waals surface area contributed by atoms with Crippen molar-refractivity contribution in [2.24, 2.45) is 0 Å². The van der Waals surface area contributed by atoms with Crippen LogP contribution in [0.4, 0.5) is 5.82 Å². The third-order valence-electron chi connectivity index (χ3n) is 2.88. The summed E-state index contributed by atoms with van der Waals surface area (Å²) in [5.41, 5.74) is 1.58. The van der Waals surface area contributed by atoms with Gasteiger partial charge in [-0.25, -0.2) is 4.98 Å². The van der Waals surface area contributed by atoms with E-state index in [1.807, 2.05) is 18.2 Å². The van der Waals surface area contributed by atoms with Gasteiger partial charge in [-0.05, 0) is 29.0 Å². The number of hydrogen-bond acceptors (Lipinski definition) is 6. The maximum absolute atomic E-state index is 4.37. The normalized spacial score (nSPS) is 12.5. The molecule has 96 valence electrons. The molecule has 0 unspecified atom stereocenters. The average molecular weight is 255 g/mol. The number of pyridine rings is 1. The molecule has 0 saturated heterocycles. The van der Waals surface area contributed by atoms with Crippen LogP contribution in [0.1, 0.15) is 25.1 Å². The molecular formula is C12H13N7. The molecule has 3 heterocycles. The lowest BCUT2D eigenvalue weighted by molar-refractivity contribution is 0.718. The number of aromatic nitrogens is 6. The van der Waals surface area contributed by atoms with E-state index in [0.717, 1.165) is 12.1 Å². The fourth-order valence-electron chi connectivity index (χ4n) is 1.91.